The van der Waals surface area contributed by atoms with E-state index in [1.807, 2.05) is 6.92 Å². The van der Waals surface area contributed by atoms with E-state index in [0.717, 1.165) is 6.42 Å². The highest BCUT2D eigenvalue weighted by Crippen LogP contribution is 2.22. The van der Waals surface area contributed by atoms with Crippen LogP contribution < -0.4 is 0 Å². The van der Waals surface area contributed by atoms with Crippen molar-refractivity contribution in [3.8, 4) is 0 Å². The Balaban J connectivity index is 2.58. The van der Waals surface area contributed by atoms with Crippen molar-refractivity contribution in [2.45, 2.75) is 37.5 Å². The van der Waals surface area contributed by atoms with Gasteiger partial charge in [0.15, 0.2) is 0 Å². The molecular weight excluding hydrogens is 183 g/mol. The van der Waals surface area contributed by atoms with Crippen LogP contribution in [-0.4, -0.2) is 26.4 Å². The molecule has 72 valence electrons. The second-order valence-electron chi connectivity index (χ2n) is 3.02. The Morgan fingerprint density at radius 2 is 2.25 bits per heavy atom. The monoisotopic (exact) mass is 196 g/mol. The minimum absolute atomic E-state index is 0.0886. The maximum atomic E-state index is 12.5. The van der Waals surface area contributed by atoms with Crippen LogP contribution in [0.15, 0.2) is 0 Å². The van der Waals surface area contributed by atoms with Crippen molar-refractivity contribution in [3.05, 3.63) is 0 Å². The number of ether oxygens (including phenoxy) is 1. The standard InChI is InChI=1S/C7H13FO3S/c1-2-6-5-7(3-4-11-6)12(8,9)10/h6-7H,2-5H2,1H3. The maximum absolute atomic E-state index is 12.5. The van der Waals surface area contributed by atoms with E-state index < -0.39 is 15.5 Å². The van der Waals surface area contributed by atoms with Gasteiger partial charge in [-0.1, -0.05) is 6.92 Å². The van der Waals surface area contributed by atoms with Crippen LogP contribution in [0.2, 0.25) is 0 Å². The molecule has 1 aliphatic rings. The zero-order valence-corrected chi connectivity index (χ0v) is 7.81. The van der Waals surface area contributed by atoms with Crippen molar-refractivity contribution in [2.24, 2.45) is 0 Å². The van der Waals surface area contributed by atoms with Gasteiger partial charge in [-0.3, -0.25) is 0 Å². The summed E-state index contributed by atoms with van der Waals surface area (Å²) in [5.74, 6) is 0. The van der Waals surface area contributed by atoms with Gasteiger partial charge in [-0.05, 0) is 19.3 Å². The predicted molar refractivity (Wildman–Crippen MR) is 43.1 cm³/mol. The summed E-state index contributed by atoms with van der Waals surface area (Å²) in [5, 5.41) is -0.837. The molecule has 1 heterocycles. The fraction of sp³-hybridized carbons (Fsp3) is 1.00. The first-order valence-corrected chi connectivity index (χ1v) is 5.53. The highest BCUT2D eigenvalue weighted by molar-refractivity contribution is 7.87. The minimum atomic E-state index is -4.35. The third kappa shape index (κ3) is 2.42. The van der Waals surface area contributed by atoms with Gasteiger partial charge in [0.05, 0.1) is 11.4 Å². The molecule has 2 unspecified atom stereocenters. The van der Waals surface area contributed by atoms with Crippen LogP contribution >= 0.6 is 0 Å². The quantitative estimate of drug-likeness (QED) is 0.624. The number of halogens is 1. The van der Waals surface area contributed by atoms with Gasteiger partial charge in [0, 0.05) is 6.61 Å². The van der Waals surface area contributed by atoms with E-state index in [1.165, 1.54) is 0 Å². The molecule has 1 saturated heterocycles. The van der Waals surface area contributed by atoms with Crippen molar-refractivity contribution in [3.63, 3.8) is 0 Å². The predicted octanol–water partition coefficient (Wildman–Crippen LogP) is 1.24. The summed E-state index contributed by atoms with van der Waals surface area (Å²) in [6.07, 6.45) is 1.24. The van der Waals surface area contributed by atoms with Crippen molar-refractivity contribution in [1.82, 2.24) is 0 Å². The SMILES string of the molecule is CCC1CC(S(=O)(=O)F)CCO1. The van der Waals surface area contributed by atoms with Gasteiger partial charge in [-0.15, -0.1) is 3.89 Å². The lowest BCUT2D eigenvalue weighted by Crippen LogP contribution is -2.32. The first-order valence-electron chi connectivity index (χ1n) is 4.09. The molecule has 2 atom stereocenters. The van der Waals surface area contributed by atoms with Crippen molar-refractivity contribution in [2.75, 3.05) is 6.61 Å². The smallest absolute Gasteiger partial charge is 0.305 e. The highest BCUT2D eigenvalue weighted by atomic mass is 32.3. The van der Waals surface area contributed by atoms with Gasteiger partial charge in [-0.25, -0.2) is 0 Å². The first kappa shape index (κ1) is 9.92. The van der Waals surface area contributed by atoms with Crippen LogP contribution in [-0.2, 0) is 15.0 Å². The summed E-state index contributed by atoms with van der Waals surface area (Å²) >= 11 is 0. The average molecular weight is 196 g/mol. The number of rotatable bonds is 2. The number of hydrogen-bond donors (Lipinski definition) is 0. The molecule has 0 aromatic heterocycles. The molecule has 3 nitrogen and oxygen atoms in total. The fourth-order valence-corrected chi connectivity index (χ4v) is 2.21. The van der Waals surface area contributed by atoms with Gasteiger partial charge in [0.1, 0.15) is 0 Å². The molecule has 1 fully saturated rings. The fourth-order valence-electron chi connectivity index (χ4n) is 1.39. The van der Waals surface area contributed by atoms with E-state index in [2.05, 4.69) is 0 Å². The van der Waals surface area contributed by atoms with Crippen LogP contribution in [0.5, 0.6) is 0 Å². The van der Waals surface area contributed by atoms with Gasteiger partial charge >= 0.3 is 10.2 Å². The van der Waals surface area contributed by atoms with Gasteiger partial charge in [0.2, 0.25) is 0 Å². The van der Waals surface area contributed by atoms with E-state index in [9.17, 15) is 12.3 Å². The summed E-state index contributed by atoms with van der Waals surface area (Å²) in [6.45, 7) is 2.25. The maximum Gasteiger partial charge on any atom is 0.305 e. The summed E-state index contributed by atoms with van der Waals surface area (Å²) in [5.41, 5.74) is 0. The zero-order valence-electron chi connectivity index (χ0n) is 6.99. The molecule has 1 aliphatic heterocycles. The molecular formula is C7H13FO3S. The molecule has 0 N–H and O–H groups in total. The van der Waals surface area contributed by atoms with Crippen molar-refractivity contribution in [1.29, 1.82) is 0 Å². The Hall–Kier alpha value is -0.160. The van der Waals surface area contributed by atoms with E-state index in [-0.39, 0.29) is 12.5 Å². The lowest BCUT2D eigenvalue weighted by Gasteiger charge is -2.26. The summed E-state index contributed by atoms with van der Waals surface area (Å²) < 4.78 is 38.8. The van der Waals surface area contributed by atoms with Gasteiger partial charge in [-0.2, -0.15) is 8.42 Å². The van der Waals surface area contributed by atoms with Gasteiger partial charge in [0.25, 0.3) is 0 Å². The Bertz CT molecular complexity index is 237. The third-order valence-corrected chi connectivity index (χ3v) is 3.40. The van der Waals surface area contributed by atoms with Crippen LogP contribution in [0.1, 0.15) is 26.2 Å². The molecule has 5 heteroatoms. The third-order valence-electron chi connectivity index (χ3n) is 2.17. The average Bonchev–Trinajstić information content (AvgIpc) is 2.03. The second kappa shape index (κ2) is 3.70. The summed E-state index contributed by atoms with van der Waals surface area (Å²) in [6, 6.07) is 0. The molecule has 0 bridgehead atoms. The molecule has 0 aromatic rings. The zero-order chi connectivity index (χ0) is 9.19. The topological polar surface area (TPSA) is 43.4 Å². The van der Waals surface area contributed by atoms with Crippen molar-refractivity contribution >= 4 is 10.2 Å². The first-order chi connectivity index (χ1) is 5.54. The normalized spacial score (nSPS) is 31.8. The van der Waals surface area contributed by atoms with Crippen molar-refractivity contribution < 1.29 is 17.0 Å². The Kier molecular flexibility index (Phi) is 3.06. The molecule has 0 amide bonds. The molecule has 0 spiro atoms. The second-order valence-corrected chi connectivity index (χ2v) is 4.64. The summed E-state index contributed by atoms with van der Waals surface area (Å²) in [4.78, 5) is 0. The van der Waals surface area contributed by atoms with Crippen LogP contribution in [0, 0.1) is 0 Å². The van der Waals surface area contributed by atoms with E-state index in [1.54, 1.807) is 0 Å². The van der Waals surface area contributed by atoms with E-state index in [4.69, 9.17) is 4.74 Å². The summed E-state index contributed by atoms with van der Waals surface area (Å²) in [7, 11) is -4.35. The largest absolute Gasteiger partial charge is 0.378 e. The molecule has 0 aliphatic carbocycles. The molecule has 0 saturated carbocycles. The highest BCUT2D eigenvalue weighted by Gasteiger charge is 2.31. The molecule has 1 rings (SSSR count). The Labute approximate surface area is 72.1 Å². The molecule has 0 radical (unpaired) electrons. The van der Waals surface area contributed by atoms with Crippen LogP contribution in [0.3, 0.4) is 0 Å². The lowest BCUT2D eigenvalue weighted by molar-refractivity contribution is 0.0153. The van der Waals surface area contributed by atoms with E-state index in [0.29, 0.717) is 13.0 Å². The number of hydrogen-bond acceptors (Lipinski definition) is 3. The van der Waals surface area contributed by atoms with Crippen LogP contribution in [0.4, 0.5) is 3.89 Å². The van der Waals surface area contributed by atoms with Gasteiger partial charge < -0.3 is 4.74 Å². The van der Waals surface area contributed by atoms with Crippen LogP contribution in [0.25, 0.3) is 0 Å². The molecule has 0 aromatic carbocycles. The van der Waals surface area contributed by atoms with E-state index >= 15 is 0 Å². The minimum Gasteiger partial charge on any atom is -0.378 e. The Morgan fingerprint density at radius 3 is 2.75 bits per heavy atom. The Morgan fingerprint density at radius 1 is 1.58 bits per heavy atom. The lowest BCUT2D eigenvalue weighted by atomic mass is 10.1. The molecule has 12 heavy (non-hydrogen) atoms.